The molecule has 0 radical (unpaired) electrons. The second kappa shape index (κ2) is 5.33. The summed E-state index contributed by atoms with van der Waals surface area (Å²) in [4.78, 5) is 4.73. The molecule has 1 unspecified atom stereocenters. The molecule has 1 aliphatic rings. The van der Waals surface area contributed by atoms with Gasteiger partial charge in [-0.2, -0.15) is 0 Å². The smallest absolute Gasteiger partial charge is 0.109 e. The van der Waals surface area contributed by atoms with Crippen LogP contribution in [0.2, 0.25) is 0 Å². The van der Waals surface area contributed by atoms with E-state index >= 15 is 0 Å². The molecule has 1 N–H and O–H groups in total. The minimum atomic E-state index is 0.642. The predicted molar refractivity (Wildman–Crippen MR) is 79.3 cm³/mol. The van der Waals surface area contributed by atoms with Crippen LogP contribution in [0.5, 0.6) is 0 Å². The molecule has 2 aromatic rings. The third-order valence-corrected chi connectivity index (χ3v) is 3.88. The number of benzene rings is 1. The molecule has 3 rings (SSSR count). The van der Waals surface area contributed by atoms with E-state index in [-0.39, 0.29) is 0 Å². The summed E-state index contributed by atoms with van der Waals surface area (Å²) in [6.45, 7) is 6.68. The van der Waals surface area contributed by atoms with Crippen LogP contribution in [-0.4, -0.2) is 22.1 Å². The van der Waals surface area contributed by atoms with Crippen LogP contribution in [0.3, 0.4) is 0 Å². The third-order valence-electron chi connectivity index (χ3n) is 3.88. The Morgan fingerprint density at radius 3 is 2.89 bits per heavy atom. The Labute approximate surface area is 115 Å². The third kappa shape index (κ3) is 2.81. The molecule has 3 nitrogen and oxygen atoms in total. The average Bonchev–Trinajstić information content (AvgIpc) is 3.19. The number of aromatic nitrogens is 2. The van der Waals surface area contributed by atoms with Gasteiger partial charge in [-0.25, -0.2) is 4.98 Å². The highest BCUT2D eigenvalue weighted by Gasteiger charge is 2.21. The Morgan fingerprint density at radius 2 is 2.16 bits per heavy atom. The zero-order valence-corrected chi connectivity index (χ0v) is 11.9. The molecular weight excluding hydrogens is 234 g/mol. The number of fused-ring (bicyclic) bond motifs is 1. The summed E-state index contributed by atoms with van der Waals surface area (Å²) in [5, 5.41) is 3.62. The first-order valence-electron chi connectivity index (χ1n) is 7.45. The van der Waals surface area contributed by atoms with Gasteiger partial charge in [-0.15, -0.1) is 0 Å². The quantitative estimate of drug-likeness (QED) is 0.862. The van der Waals surface area contributed by atoms with E-state index in [0.29, 0.717) is 5.92 Å². The number of aryl methyl sites for hydroxylation is 1. The Kier molecular flexibility index (Phi) is 3.56. The summed E-state index contributed by atoms with van der Waals surface area (Å²) >= 11 is 0. The summed E-state index contributed by atoms with van der Waals surface area (Å²) in [5.41, 5.74) is 2.40. The van der Waals surface area contributed by atoms with Crippen LogP contribution >= 0.6 is 0 Å². The molecular formula is C16H23N3. The fourth-order valence-corrected chi connectivity index (χ4v) is 2.63. The van der Waals surface area contributed by atoms with Gasteiger partial charge in [0.15, 0.2) is 0 Å². The molecule has 19 heavy (non-hydrogen) atoms. The van der Waals surface area contributed by atoms with Crippen molar-refractivity contribution >= 4 is 11.0 Å². The standard InChI is InChI=1S/C16H23N3/c1-3-16-18-14-6-4-5-7-15(14)19(16)11-12(2)10-17-13-8-9-13/h4-7,12-13,17H,3,8-11H2,1-2H3. The lowest BCUT2D eigenvalue weighted by atomic mass is 10.1. The van der Waals surface area contributed by atoms with E-state index in [2.05, 4.69) is 48.0 Å². The van der Waals surface area contributed by atoms with Crippen molar-refractivity contribution in [2.24, 2.45) is 5.92 Å². The fraction of sp³-hybridized carbons (Fsp3) is 0.562. The molecule has 1 fully saturated rings. The SMILES string of the molecule is CCc1nc2ccccc2n1CC(C)CNC1CC1. The molecule has 1 aromatic carbocycles. The first-order chi connectivity index (χ1) is 9.28. The lowest BCUT2D eigenvalue weighted by molar-refractivity contribution is 0.443. The van der Waals surface area contributed by atoms with Crippen molar-refractivity contribution in [3.8, 4) is 0 Å². The highest BCUT2D eigenvalue weighted by Crippen LogP contribution is 2.20. The summed E-state index contributed by atoms with van der Waals surface area (Å²) in [5.74, 6) is 1.85. The summed E-state index contributed by atoms with van der Waals surface area (Å²) in [6, 6.07) is 9.26. The number of imidazole rings is 1. The highest BCUT2D eigenvalue weighted by molar-refractivity contribution is 5.75. The maximum Gasteiger partial charge on any atom is 0.109 e. The topological polar surface area (TPSA) is 29.9 Å². The first-order valence-corrected chi connectivity index (χ1v) is 7.45. The van der Waals surface area contributed by atoms with Crippen molar-refractivity contribution in [3.63, 3.8) is 0 Å². The van der Waals surface area contributed by atoms with Crippen molar-refractivity contribution in [3.05, 3.63) is 30.1 Å². The molecule has 0 amide bonds. The lowest BCUT2D eigenvalue weighted by Crippen LogP contribution is -2.26. The minimum absolute atomic E-state index is 0.642. The number of nitrogens with one attached hydrogen (secondary N) is 1. The van der Waals surface area contributed by atoms with Crippen LogP contribution in [0.1, 0.15) is 32.5 Å². The molecule has 1 saturated carbocycles. The van der Waals surface area contributed by atoms with Gasteiger partial charge in [-0.1, -0.05) is 26.0 Å². The number of nitrogens with zero attached hydrogens (tertiary/aromatic N) is 2. The second-order valence-electron chi connectivity index (χ2n) is 5.77. The first kappa shape index (κ1) is 12.7. The van der Waals surface area contributed by atoms with Gasteiger partial charge in [-0.05, 0) is 37.4 Å². The zero-order chi connectivity index (χ0) is 13.2. The van der Waals surface area contributed by atoms with Gasteiger partial charge in [0, 0.05) is 19.0 Å². The number of para-hydroxylation sites is 2. The van der Waals surface area contributed by atoms with Crippen molar-refractivity contribution in [2.45, 2.75) is 45.7 Å². The molecule has 0 saturated heterocycles. The molecule has 1 aliphatic carbocycles. The molecule has 0 aliphatic heterocycles. The van der Waals surface area contributed by atoms with Gasteiger partial charge < -0.3 is 9.88 Å². The Bertz CT molecular complexity index is 554. The van der Waals surface area contributed by atoms with Crippen molar-refractivity contribution in [1.82, 2.24) is 14.9 Å². The molecule has 0 spiro atoms. The van der Waals surface area contributed by atoms with Gasteiger partial charge >= 0.3 is 0 Å². The maximum atomic E-state index is 4.73. The van der Waals surface area contributed by atoms with E-state index < -0.39 is 0 Å². The van der Waals surface area contributed by atoms with E-state index in [1.807, 2.05) is 0 Å². The van der Waals surface area contributed by atoms with Crippen molar-refractivity contribution < 1.29 is 0 Å². The van der Waals surface area contributed by atoms with Crippen molar-refractivity contribution in [2.75, 3.05) is 6.54 Å². The zero-order valence-electron chi connectivity index (χ0n) is 11.9. The molecule has 0 bridgehead atoms. The van der Waals surface area contributed by atoms with Crippen LogP contribution < -0.4 is 5.32 Å². The van der Waals surface area contributed by atoms with Gasteiger partial charge in [0.25, 0.3) is 0 Å². The Morgan fingerprint density at radius 1 is 1.37 bits per heavy atom. The van der Waals surface area contributed by atoms with E-state index in [9.17, 15) is 0 Å². The summed E-state index contributed by atoms with van der Waals surface area (Å²) in [6.07, 6.45) is 3.72. The van der Waals surface area contributed by atoms with Crippen LogP contribution in [-0.2, 0) is 13.0 Å². The fourth-order valence-electron chi connectivity index (χ4n) is 2.63. The molecule has 102 valence electrons. The van der Waals surface area contributed by atoms with Gasteiger partial charge in [0.05, 0.1) is 11.0 Å². The molecule has 1 heterocycles. The Hall–Kier alpha value is -1.35. The molecule has 3 heteroatoms. The van der Waals surface area contributed by atoms with Crippen LogP contribution in [0.4, 0.5) is 0 Å². The Balaban J connectivity index is 1.77. The molecule has 1 aromatic heterocycles. The second-order valence-corrected chi connectivity index (χ2v) is 5.77. The number of rotatable bonds is 6. The number of hydrogen-bond acceptors (Lipinski definition) is 2. The van der Waals surface area contributed by atoms with Gasteiger partial charge in [0.1, 0.15) is 5.82 Å². The number of hydrogen-bond donors (Lipinski definition) is 1. The van der Waals surface area contributed by atoms with Gasteiger partial charge in [0.2, 0.25) is 0 Å². The minimum Gasteiger partial charge on any atom is -0.328 e. The average molecular weight is 257 g/mol. The van der Waals surface area contributed by atoms with Gasteiger partial charge in [-0.3, -0.25) is 0 Å². The summed E-state index contributed by atoms with van der Waals surface area (Å²) in [7, 11) is 0. The van der Waals surface area contributed by atoms with E-state index in [1.54, 1.807) is 0 Å². The largest absolute Gasteiger partial charge is 0.328 e. The van der Waals surface area contributed by atoms with E-state index in [1.165, 1.54) is 24.2 Å². The highest BCUT2D eigenvalue weighted by atomic mass is 15.1. The van der Waals surface area contributed by atoms with Crippen molar-refractivity contribution in [1.29, 1.82) is 0 Å². The van der Waals surface area contributed by atoms with E-state index in [0.717, 1.165) is 31.1 Å². The van der Waals surface area contributed by atoms with E-state index in [4.69, 9.17) is 4.98 Å². The maximum absolute atomic E-state index is 4.73. The lowest BCUT2D eigenvalue weighted by Gasteiger charge is -2.15. The van der Waals surface area contributed by atoms with Crippen LogP contribution in [0.15, 0.2) is 24.3 Å². The predicted octanol–water partition coefficient (Wildman–Crippen LogP) is 2.99. The normalized spacial score (nSPS) is 16.9. The monoisotopic (exact) mass is 257 g/mol. The van der Waals surface area contributed by atoms with Crippen LogP contribution in [0.25, 0.3) is 11.0 Å². The summed E-state index contributed by atoms with van der Waals surface area (Å²) < 4.78 is 2.40. The van der Waals surface area contributed by atoms with Crippen LogP contribution in [0, 0.1) is 5.92 Å². The molecule has 1 atom stereocenters.